The topological polar surface area (TPSA) is 94.0 Å². The number of aryl methyl sites for hydroxylation is 1. The number of hydrogen-bond donors (Lipinski definition) is 2. The highest BCUT2D eigenvalue weighted by atomic mass is 32.1. The monoisotopic (exact) mass is 448 g/mol. The second-order valence-corrected chi connectivity index (χ2v) is 8.74. The highest BCUT2D eigenvalue weighted by molar-refractivity contribution is 7.13. The van der Waals surface area contributed by atoms with E-state index in [2.05, 4.69) is 20.6 Å². The lowest BCUT2D eigenvalue weighted by molar-refractivity contribution is 0.102. The molecule has 0 aliphatic carbocycles. The summed E-state index contributed by atoms with van der Waals surface area (Å²) in [5.74, 6) is 0.295. The summed E-state index contributed by atoms with van der Waals surface area (Å²) in [5, 5.41) is 14.6. The van der Waals surface area contributed by atoms with Crippen LogP contribution < -0.4 is 15.4 Å². The van der Waals surface area contributed by atoms with E-state index in [9.17, 15) is 4.79 Å². The van der Waals surface area contributed by atoms with Crippen molar-refractivity contribution in [2.45, 2.75) is 25.8 Å². The zero-order chi connectivity index (χ0) is 22.1. The number of amides is 1. The van der Waals surface area contributed by atoms with Gasteiger partial charge >= 0.3 is 0 Å². The molecule has 0 unspecified atom stereocenters. The van der Waals surface area contributed by atoms with Gasteiger partial charge in [-0.25, -0.2) is 4.98 Å². The summed E-state index contributed by atoms with van der Waals surface area (Å²) in [6.45, 7) is 3.93. The van der Waals surface area contributed by atoms with Gasteiger partial charge in [0.25, 0.3) is 5.91 Å². The summed E-state index contributed by atoms with van der Waals surface area (Å²) >= 11 is 1.43. The molecule has 4 heterocycles. The Morgan fingerprint density at radius 1 is 1.28 bits per heavy atom. The molecule has 0 spiro atoms. The number of fused-ring (bicyclic) bond motifs is 1. The van der Waals surface area contributed by atoms with Crippen LogP contribution in [0.4, 0.5) is 5.69 Å². The van der Waals surface area contributed by atoms with E-state index in [1.54, 1.807) is 18.7 Å². The summed E-state index contributed by atoms with van der Waals surface area (Å²) in [6, 6.07) is 8.02. The molecule has 164 valence electrons. The van der Waals surface area contributed by atoms with Crippen molar-refractivity contribution in [3.05, 3.63) is 53.4 Å². The van der Waals surface area contributed by atoms with Crippen LogP contribution in [0.25, 0.3) is 21.5 Å². The minimum atomic E-state index is -0.276. The quantitative estimate of drug-likeness (QED) is 0.478. The number of ether oxygens (including phenoxy) is 1. The number of carbonyl (C=O) groups excluding carboxylic acids is 1. The van der Waals surface area contributed by atoms with E-state index < -0.39 is 0 Å². The Morgan fingerprint density at radius 3 is 2.91 bits per heavy atom. The maximum Gasteiger partial charge on any atom is 0.275 e. The smallest absolute Gasteiger partial charge is 0.275 e. The van der Waals surface area contributed by atoms with Crippen molar-refractivity contribution in [1.82, 2.24) is 25.1 Å². The molecule has 32 heavy (non-hydrogen) atoms. The Hall–Kier alpha value is -3.30. The number of methoxy groups -OCH3 is 1. The molecule has 8 nitrogen and oxygen atoms in total. The first-order chi connectivity index (χ1) is 15.6. The highest BCUT2D eigenvalue weighted by Crippen LogP contribution is 2.32. The number of nitrogens with zero attached hydrogens (tertiary/aromatic N) is 4. The van der Waals surface area contributed by atoms with Gasteiger partial charge in [-0.2, -0.15) is 5.10 Å². The normalized spacial score (nSPS) is 14.6. The Bertz CT molecular complexity index is 1270. The van der Waals surface area contributed by atoms with Crippen LogP contribution in [-0.4, -0.2) is 45.9 Å². The molecule has 0 bridgehead atoms. The van der Waals surface area contributed by atoms with E-state index in [-0.39, 0.29) is 5.91 Å². The molecule has 4 aromatic rings. The van der Waals surface area contributed by atoms with Gasteiger partial charge < -0.3 is 15.4 Å². The number of benzene rings is 1. The summed E-state index contributed by atoms with van der Waals surface area (Å²) in [5.41, 5.74) is 3.68. The zero-order valence-electron chi connectivity index (χ0n) is 18.0. The Kier molecular flexibility index (Phi) is 5.59. The second-order valence-electron chi connectivity index (χ2n) is 7.88. The molecule has 2 N–H and O–H groups in total. The first-order valence-electron chi connectivity index (χ1n) is 10.6. The molecule has 1 aliphatic heterocycles. The zero-order valence-corrected chi connectivity index (χ0v) is 18.8. The number of carbonyl (C=O) groups is 1. The van der Waals surface area contributed by atoms with Crippen LogP contribution in [0, 0.1) is 6.92 Å². The van der Waals surface area contributed by atoms with E-state index >= 15 is 0 Å². The third kappa shape index (κ3) is 4.09. The molecular formula is C23H24N6O2S. The first kappa shape index (κ1) is 20.6. The number of pyridine rings is 1. The average Bonchev–Trinajstić information content (AvgIpc) is 3.46. The van der Waals surface area contributed by atoms with Crippen LogP contribution in [0.1, 0.15) is 35.1 Å². The number of anilines is 1. The SMILES string of the molecule is COc1cc2nn(C3CCNCC3)cc2cc1NC(=O)c1csc(-c2ccnc(C)c2)n1. The van der Waals surface area contributed by atoms with E-state index in [0.717, 1.165) is 53.1 Å². The summed E-state index contributed by atoms with van der Waals surface area (Å²) < 4.78 is 7.58. The molecule has 0 saturated carbocycles. The predicted molar refractivity (Wildman–Crippen MR) is 125 cm³/mol. The van der Waals surface area contributed by atoms with E-state index in [4.69, 9.17) is 9.84 Å². The van der Waals surface area contributed by atoms with Crippen molar-refractivity contribution in [2.75, 3.05) is 25.5 Å². The summed E-state index contributed by atoms with van der Waals surface area (Å²) in [4.78, 5) is 21.6. The fourth-order valence-electron chi connectivity index (χ4n) is 3.97. The van der Waals surface area contributed by atoms with E-state index in [1.165, 1.54) is 11.3 Å². The molecule has 1 amide bonds. The number of nitrogens with one attached hydrogen (secondary N) is 2. The van der Waals surface area contributed by atoms with Crippen molar-refractivity contribution in [1.29, 1.82) is 0 Å². The van der Waals surface area contributed by atoms with Crippen LogP contribution in [0.3, 0.4) is 0 Å². The van der Waals surface area contributed by atoms with Crippen LogP contribution in [0.5, 0.6) is 5.75 Å². The number of piperidine rings is 1. The molecular weight excluding hydrogens is 424 g/mol. The third-order valence-electron chi connectivity index (χ3n) is 5.65. The van der Waals surface area contributed by atoms with Gasteiger partial charge in [-0.05, 0) is 51.1 Å². The molecule has 1 aliphatic rings. The van der Waals surface area contributed by atoms with E-state index in [1.807, 2.05) is 42.1 Å². The molecule has 0 radical (unpaired) electrons. The van der Waals surface area contributed by atoms with Crippen molar-refractivity contribution >= 4 is 33.8 Å². The third-order valence-corrected chi connectivity index (χ3v) is 6.55. The first-order valence-corrected chi connectivity index (χ1v) is 11.5. The van der Waals surface area contributed by atoms with Crippen LogP contribution >= 0.6 is 11.3 Å². The van der Waals surface area contributed by atoms with Crippen molar-refractivity contribution in [2.24, 2.45) is 0 Å². The van der Waals surface area contributed by atoms with Gasteiger partial charge in [-0.1, -0.05) is 0 Å². The second kappa shape index (κ2) is 8.68. The number of rotatable bonds is 5. The van der Waals surface area contributed by atoms with Crippen LogP contribution in [-0.2, 0) is 0 Å². The molecule has 5 rings (SSSR count). The molecule has 1 fully saturated rings. The number of hydrogen-bond acceptors (Lipinski definition) is 7. The Morgan fingerprint density at radius 2 is 2.12 bits per heavy atom. The van der Waals surface area contributed by atoms with Gasteiger partial charge in [0.05, 0.1) is 24.4 Å². The Balaban J connectivity index is 1.39. The minimum absolute atomic E-state index is 0.276. The standard InChI is InChI=1S/C23H24N6O2S/c1-14-9-15(3-8-25-14)23-27-20(13-32-23)22(30)26-19-10-16-12-29(17-4-6-24-7-5-17)28-18(16)11-21(19)31-2/h3,8-13,17,24H,4-7H2,1-2H3,(H,26,30). The lowest BCUT2D eigenvalue weighted by Crippen LogP contribution is -2.29. The average molecular weight is 449 g/mol. The van der Waals surface area contributed by atoms with Crippen molar-refractivity contribution in [3.63, 3.8) is 0 Å². The number of thiazole rings is 1. The van der Waals surface area contributed by atoms with Crippen LogP contribution in [0.2, 0.25) is 0 Å². The maximum absolute atomic E-state index is 12.9. The molecule has 9 heteroatoms. The lowest BCUT2D eigenvalue weighted by Gasteiger charge is -2.22. The minimum Gasteiger partial charge on any atom is -0.494 e. The predicted octanol–water partition coefficient (Wildman–Crippen LogP) is 4.05. The summed E-state index contributed by atoms with van der Waals surface area (Å²) in [7, 11) is 1.59. The fourth-order valence-corrected chi connectivity index (χ4v) is 4.77. The van der Waals surface area contributed by atoms with Crippen molar-refractivity contribution < 1.29 is 9.53 Å². The molecule has 3 aromatic heterocycles. The lowest BCUT2D eigenvalue weighted by atomic mass is 10.1. The Labute approximate surface area is 189 Å². The largest absolute Gasteiger partial charge is 0.494 e. The van der Waals surface area contributed by atoms with E-state index in [0.29, 0.717) is 23.2 Å². The summed E-state index contributed by atoms with van der Waals surface area (Å²) in [6.07, 6.45) is 5.90. The van der Waals surface area contributed by atoms with Gasteiger partial charge in [0.1, 0.15) is 16.5 Å². The van der Waals surface area contributed by atoms with Gasteiger partial charge in [0.2, 0.25) is 0 Å². The van der Waals surface area contributed by atoms with Gasteiger partial charge in [-0.3, -0.25) is 14.5 Å². The molecule has 0 atom stereocenters. The van der Waals surface area contributed by atoms with Gasteiger partial charge in [0, 0.05) is 40.5 Å². The number of aromatic nitrogens is 4. The van der Waals surface area contributed by atoms with Crippen molar-refractivity contribution in [3.8, 4) is 16.3 Å². The van der Waals surface area contributed by atoms with Gasteiger partial charge in [-0.15, -0.1) is 11.3 Å². The maximum atomic E-state index is 12.9. The molecule has 1 saturated heterocycles. The highest BCUT2D eigenvalue weighted by Gasteiger charge is 2.19. The van der Waals surface area contributed by atoms with Crippen LogP contribution in [0.15, 0.2) is 42.0 Å². The fraction of sp³-hybridized carbons (Fsp3) is 0.304. The van der Waals surface area contributed by atoms with Gasteiger partial charge in [0.15, 0.2) is 0 Å². The molecule has 1 aromatic carbocycles.